The number of rotatable bonds is 17. The Balaban J connectivity index is 0.00000486. The summed E-state index contributed by atoms with van der Waals surface area (Å²) in [6, 6.07) is 13.5. The zero-order chi connectivity index (χ0) is 37.0. The average Bonchev–Trinajstić information content (AvgIpc) is 3.12. The van der Waals surface area contributed by atoms with Crippen molar-refractivity contribution in [3.8, 4) is 11.1 Å². The number of unbranched alkanes of at least 4 members (excludes halogenated alkanes) is 2. The number of hydrogen-bond acceptors (Lipinski definition) is 13. The zero-order valence-corrected chi connectivity index (χ0v) is 33.7. The average molecular weight is 752 g/mol. The van der Waals surface area contributed by atoms with E-state index in [9.17, 15) is 44.4 Å². The minimum atomic E-state index is -2.61. The van der Waals surface area contributed by atoms with Gasteiger partial charge in [0.25, 0.3) is 11.8 Å². The molecule has 18 heteroatoms. The van der Waals surface area contributed by atoms with Crippen LogP contribution in [0.15, 0.2) is 73.2 Å². The van der Waals surface area contributed by atoms with Gasteiger partial charge in [-0.25, -0.2) is 4.98 Å². The van der Waals surface area contributed by atoms with Crippen molar-refractivity contribution in [2.24, 2.45) is 0 Å². The van der Waals surface area contributed by atoms with Crippen LogP contribution >= 0.6 is 0 Å². The van der Waals surface area contributed by atoms with Crippen LogP contribution in [0.2, 0.25) is 0 Å². The molecule has 16 nitrogen and oxygen atoms in total. The summed E-state index contributed by atoms with van der Waals surface area (Å²) in [6.07, 6.45) is -1.81. The van der Waals surface area contributed by atoms with Crippen LogP contribution in [0.25, 0.3) is 11.1 Å². The number of amides is 3. The maximum Gasteiger partial charge on any atom is 1.00 e. The first-order chi connectivity index (χ1) is 24.4. The monoisotopic (exact) mass is 751 g/mol. The molecule has 4 rings (SSSR count). The van der Waals surface area contributed by atoms with Crippen LogP contribution in [0, 0.1) is 0 Å². The van der Waals surface area contributed by atoms with Crippen molar-refractivity contribution in [2.45, 2.75) is 75.2 Å². The molecule has 1 saturated heterocycles. The molecule has 3 amide bonds. The number of carboxylic acids is 2. The molecule has 53 heavy (non-hydrogen) atoms. The van der Waals surface area contributed by atoms with Crippen LogP contribution in [0.5, 0.6) is 0 Å². The van der Waals surface area contributed by atoms with Crippen LogP contribution in [0.3, 0.4) is 0 Å². The molecule has 3 aromatic rings. The number of aliphatic hydroxyl groups is 2. The van der Waals surface area contributed by atoms with Gasteiger partial charge in [0.2, 0.25) is 11.7 Å². The van der Waals surface area contributed by atoms with E-state index in [1.807, 2.05) is 30.3 Å². The van der Waals surface area contributed by atoms with Crippen molar-refractivity contribution in [1.82, 2.24) is 25.9 Å². The van der Waals surface area contributed by atoms with Crippen molar-refractivity contribution in [3.63, 3.8) is 0 Å². The third kappa shape index (κ3) is 13.2. The number of aliphatic hydroxyl groups excluding tert-OH is 2. The maximum absolute atomic E-state index is 13.2. The number of carbonyl (C=O) groups excluding carboxylic acids is 5. The Morgan fingerprint density at radius 2 is 1.60 bits per heavy atom. The van der Waals surface area contributed by atoms with Gasteiger partial charge in [-0.2, -0.15) is 0 Å². The van der Waals surface area contributed by atoms with Gasteiger partial charge >= 0.3 is 59.1 Å². The Morgan fingerprint density at radius 3 is 2.21 bits per heavy atom. The molecule has 0 bridgehead atoms. The molecule has 1 fully saturated rings. The number of aromatic nitrogens is 2. The van der Waals surface area contributed by atoms with Gasteiger partial charge in [0.1, 0.15) is 23.9 Å². The summed E-state index contributed by atoms with van der Waals surface area (Å²) in [5, 5.41) is 53.5. The first-order valence-electron chi connectivity index (χ1n) is 16.3. The summed E-state index contributed by atoms with van der Waals surface area (Å²) >= 11 is 0. The third-order valence-corrected chi connectivity index (χ3v) is 8.21. The number of carbonyl (C=O) groups is 5. The second-order valence-corrected chi connectivity index (χ2v) is 12.0. The number of nitrogens with zero attached hydrogens (tertiary/aromatic N) is 2. The van der Waals surface area contributed by atoms with Gasteiger partial charge in [0, 0.05) is 43.8 Å². The summed E-state index contributed by atoms with van der Waals surface area (Å²) < 4.78 is 11.5. The van der Waals surface area contributed by atoms with Crippen molar-refractivity contribution >= 4 is 29.7 Å². The number of carboxylic acid groups (broad SMARTS) is 2. The predicted molar refractivity (Wildman–Crippen MR) is 174 cm³/mol. The third-order valence-electron chi connectivity index (χ3n) is 8.21. The summed E-state index contributed by atoms with van der Waals surface area (Å²) in [5.41, 5.74) is 1.94. The van der Waals surface area contributed by atoms with Gasteiger partial charge < -0.3 is 55.4 Å². The Hall–Kier alpha value is -3.29. The summed E-state index contributed by atoms with van der Waals surface area (Å²) in [7, 11) is 0. The maximum atomic E-state index is 13.2. The van der Waals surface area contributed by atoms with Gasteiger partial charge in [-0.3, -0.25) is 19.4 Å². The fourth-order valence-electron chi connectivity index (χ4n) is 5.64. The van der Waals surface area contributed by atoms with E-state index >= 15 is 0 Å². The van der Waals surface area contributed by atoms with Crippen LogP contribution in [-0.4, -0.2) is 99.2 Å². The van der Waals surface area contributed by atoms with Crippen molar-refractivity contribution < 1.29 is 113 Å². The second kappa shape index (κ2) is 22.2. The SMILES string of the molecule is CC(=O)N[C@H]1[C@H]([C@H](O)[C@H](O)CNC(=O)c2ccc(-c3ccccc3)cc2)O[C@@](OCCCCCC(=O)[O-])(C(=O)[O-])C[C@@H]1NC(=O)c1cnccn1.[Na+].[Na+]. The molecule has 6 atom stereocenters. The van der Waals surface area contributed by atoms with Crippen LogP contribution in [0.4, 0.5) is 0 Å². The molecule has 2 heterocycles. The number of benzene rings is 2. The second-order valence-electron chi connectivity index (χ2n) is 12.0. The number of hydrogen-bond donors (Lipinski definition) is 5. The van der Waals surface area contributed by atoms with Gasteiger partial charge in [-0.05, 0) is 42.5 Å². The van der Waals surface area contributed by atoms with Gasteiger partial charge in [0.05, 0.1) is 31.0 Å². The molecule has 0 unspecified atom stereocenters. The normalized spacial score (nSPS) is 20.3. The van der Waals surface area contributed by atoms with E-state index in [1.165, 1.54) is 12.4 Å². The molecular formula is C35H39N5Na2O11. The van der Waals surface area contributed by atoms with E-state index < -0.39 is 78.8 Å². The smallest absolute Gasteiger partial charge is 0.550 e. The fraction of sp³-hybridized carbons (Fsp3) is 0.400. The first-order valence-corrected chi connectivity index (χ1v) is 16.3. The van der Waals surface area contributed by atoms with E-state index in [2.05, 4.69) is 25.9 Å². The van der Waals surface area contributed by atoms with Gasteiger partial charge in [-0.15, -0.1) is 0 Å². The summed E-state index contributed by atoms with van der Waals surface area (Å²) in [6.45, 7) is 0.358. The van der Waals surface area contributed by atoms with Crippen LogP contribution in [-0.2, 0) is 23.9 Å². The Kier molecular flexibility index (Phi) is 19.2. The number of aliphatic carboxylic acids is 2. The molecular weight excluding hydrogens is 712 g/mol. The van der Waals surface area contributed by atoms with Crippen LogP contribution < -0.4 is 85.3 Å². The molecule has 1 aliphatic heterocycles. The van der Waals surface area contributed by atoms with E-state index in [0.29, 0.717) is 6.42 Å². The Labute approximate surface area is 350 Å². The van der Waals surface area contributed by atoms with E-state index in [-0.39, 0.29) is 96.2 Å². The molecule has 272 valence electrons. The fourth-order valence-corrected chi connectivity index (χ4v) is 5.64. The minimum Gasteiger partial charge on any atom is -0.550 e. The van der Waals surface area contributed by atoms with Crippen LogP contribution in [0.1, 0.15) is 59.9 Å². The summed E-state index contributed by atoms with van der Waals surface area (Å²) in [5.74, 6) is -7.76. The predicted octanol–water partition coefficient (Wildman–Crippen LogP) is -7.53. The Morgan fingerprint density at radius 1 is 0.925 bits per heavy atom. The quantitative estimate of drug-likeness (QED) is 0.0636. The topological polar surface area (TPSA) is 252 Å². The van der Waals surface area contributed by atoms with Crippen molar-refractivity contribution in [1.29, 1.82) is 0 Å². The number of nitrogens with one attached hydrogen (secondary N) is 3. The molecule has 1 aromatic heterocycles. The number of ether oxygens (including phenoxy) is 2. The molecule has 0 aliphatic carbocycles. The molecule has 0 radical (unpaired) electrons. The standard InChI is InChI=1S/C35H41N5O11.2Na/c1-21(41)39-29-25(40-33(47)26-19-36-15-16-37-26)18-35(34(48)49,50-17-7-3-6-10-28(43)44)51-31(29)30(45)27(42)20-38-32(46)24-13-11-23(12-14-24)22-8-4-2-5-9-22;;/h2,4-5,8-9,11-16,19,25,27,29-31,42,45H,3,6-7,10,17-18,20H2,1H3,(H,38,46)(H,39,41)(H,40,47)(H,43,44)(H,48,49);;/q;2*+1/p-2/t25-,27+,29+,30+,31+,35+;;/m0../s1. The zero-order valence-electron chi connectivity index (χ0n) is 29.7. The molecule has 1 aliphatic rings. The van der Waals surface area contributed by atoms with Crippen molar-refractivity contribution in [2.75, 3.05) is 13.2 Å². The largest absolute Gasteiger partial charge is 1.00 e. The first kappa shape index (κ1) is 45.9. The van der Waals surface area contributed by atoms with E-state index in [4.69, 9.17) is 9.47 Å². The van der Waals surface area contributed by atoms with E-state index in [1.54, 1.807) is 24.3 Å². The van der Waals surface area contributed by atoms with E-state index in [0.717, 1.165) is 24.2 Å². The van der Waals surface area contributed by atoms with Crippen molar-refractivity contribution in [3.05, 3.63) is 84.4 Å². The molecule has 0 saturated carbocycles. The van der Waals surface area contributed by atoms with Gasteiger partial charge in [-0.1, -0.05) is 48.9 Å². The molecule has 2 aromatic carbocycles. The minimum absolute atomic E-state index is 0. The Bertz CT molecular complexity index is 1660. The molecule has 5 N–H and O–H groups in total. The molecule has 0 spiro atoms. The summed E-state index contributed by atoms with van der Waals surface area (Å²) in [4.78, 5) is 69.6. The van der Waals surface area contributed by atoms with Gasteiger partial charge in [0.15, 0.2) is 0 Å².